The van der Waals surface area contributed by atoms with Crippen LogP contribution in [0.1, 0.15) is 75.1 Å². The van der Waals surface area contributed by atoms with E-state index < -0.39 is 84.5 Å². The number of amides is 4. The van der Waals surface area contributed by atoms with Crippen LogP contribution in [0.2, 0.25) is 0 Å². The number of rotatable bonds is 27. The number of ether oxygens (including phenoxy) is 6. The van der Waals surface area contributed by atoms with Gasteiger partial charge in [-0.15, -0.1) is 0 Å². The maximum atomic E-state index is 14.1. The highest BCUT2D eigenvalue weighted by molar-refractivity contribution is 6.13. The highest BCUT2D eigenvalue weighted by Gasteiger charge is 2.48. The molecule has 3 heterocycles. The summed E-state index contributed by atoms with van der Waals surface area (Å²) < 4.78 is 34.3. The smallest absolute Gasteiger partial charge is 0.335 e. The number of Topliss-reactive ketones (excluding diaryl/α,β-unsaturated/α-hetero) is 1. The van der Waals surface area contributed by atoms with Crippen molar-refractivity contribution in [3.8, 4) is 28.7 Å². The van der Waals surface area contributed by atoms with Gasteiger partial charge < -0.3 is 85.4 Å². The lowest BCUT2D eigenvalue weighted by Crippen LogP contribution is -2.61. The van der Waals surface area contributed by atoms with E-state index in [1.165, 1.54) is 38.6 Å². The number of carbonyl (C=O) groups is 7. The number of nitrogens with zero attached hydrogens (tertiary/aromatic N) is 2. The van der Waals surface area contributed by atoms with Gasteiger partial charge in [0.25, 0.3) is 11.8 Å². The Morgan fingerprint density at radius 1 is 0.678 bits per heavy atom. The topological polar surface area (TPSA) is 363 Å². The fourth-order valence-electron chi connectivity index (χ4n) is 10.5. The predicted octanol–water partition coefficient (Wildman–Crippen LogP) is 4.35. The summed E-state index contributed by atoms with van der Waals surface area (Å²) in [6.45, 7) is 1.82. The molecule has 87 heavy (non-hydrogen) atoms. The molecule has 0 radical (unpaired) electrons. The molecule has 1 unspecified atom stereocenters. The second-order valence-electron chi connectivity index (χ2n) is 21.2. The summed E-state index contributed by atoms with van der Waals surface area (Å²) in [7, 11) is 6.00. The van der Waals surface area contributed by atoms with Gasteiger partial charge in [-0.3, -0.25) is 33.8 Å². The van der Waals surface area contributed by atoms with Crippen molar-refractivity contribution in [3.05, 3.63) is 137 Å². The molecule has 0 bridgehead atoms. The molecule has 1 aromatic heterocycles. The molecule has 8 rings (SSSR count). The number of aromatic nitrogens is 1. The molecule has 7 atom stereocenters. The summed E-state index contributed by atoms with van der Waals surface area (Å²) in [4.78, 5) is 94.3. The minimum atomic E-state index is -2.00. The number of benzene rings is 5. The first-order valence-corrected chi connectivity index (χ1v) is 27.9. The van der Waals surface area contributed by atoms with Crippen LogP contribution in [0.25, 0.3) is 10.9 Å². The molecule has 2 aliphatic heterocycles. The number of carbonyl (C=O) groups excluding carboxylic acids is 5. The molecule has 460 valence electrons. The standard InChI is InChI=1S/C62H69N7O18/c1-82-48-26-36-21-23-69(33-39(36)27-49(48)83-2,22-20-34-12-15-40(16-13-34)65-60(79)41-28-50(84-3)51(85-4)29-43(41)68-59(78)38-25-37-8-5-6-9-42(37)64-31-38)32-35-14-17-47(86-62-57(77)55(75)56(76)58(87-62)61(80)81)44(24-35)66-52(71)11-7-10-46(70)45(30-63)67-53(72)18-19-54(73)74/h5-6,8-9,12-17,24-29,31,45,55-58,62,75-77H,7,10-11,18-23,30,32-33,63H2,1-4H3,(H5-,65,66,67,68,71,72,73,74,78,79,80,81)/p+1/t45-,55-,56-,57+,58-,62+,69?/m0/s1. The van der Waals surface area contributed by atoms with Crippen molar-refractivity contribution < 1.29 is 92.0 Å². The number of nitrogens with two attached hydrogens (primary N) is 1. The number of hydrogen-bond donors (Lipinski definition) is 10. The number of ketones is 1. The van der Waals surface area contributed by atoms with Crippen molar-refractivity contribution in [3.63, 3.8) is 0 Å². The first kappa shape index (κ1) is 63.8. The third-order valence-corrected chi connectivity index (χ3v) is 15.3. The number of aliphatic hydroxyl groups is 3. The van der Waals surface area contributed by atoms with E-state index in [0.29, 0.717) is 71.8 Å². The number of fused-ring (bicyclic) bond motifs is 2. The summed E-state index contributed by atoms with van der Waals surface area (Å²) in [5.41, 5.74) is 11.2. The Morgan fingerprint density at radius 2 is 1.36 bits per heavy atom. The fourth-order valence-corrected chi connectivity index (χ4v) is 10.5. The second kappa shape index (κ2) is 28.8. The molecule has 25 heteroatoms. The van der Waals surface area contributed by atoms with E-state index >= 15 is 0 Å². The average Bonchev–Trinajstić information content (AvgIpc) is 1.84. The van der Waals surface area contributed by atoms with Crippen LogP contribution >= 0.6 is 0 Å². The zero-order valence-electron chi connectivity index (χ0n) is 48.3. The van der Waals surface area contributed by atoms with Gasteiger partial charge in [-0.2, -0.15) is 0 Å². The molecule has 6 aromatic rings. The summed E-state index contributed by atoms with van der Waals surface area (Å²) in [6.07, 6.45) is -8.31. The first-order valence-electron chi connectivity index (χ1n) is 27.9. The van der Waals surface area contributed by atoms with Crippen LogP contribution in [0.5, 0.6) is 28.7 Å². The molecule has 25 nitrogen and oxygen atoms in total. The predicted molar refractivity (Wildman–Crippen MR) is 315 cm³/mol. The van der Waals surface area contributed by atoms with Gasteiger partial charge in [-0.05, 0) is 78.2 Å². The lowest BCUT2D eigenvalue weighted by Gasteiger charge is -2.43. The minimum absolute atomic E-state index is 0.00190. The molecular weight excluding hydrogens is 1130 g/mol. The maximum Gasteiger partial charge on any atom is 0.335 e. The molecule has 1 fully saturated rings. The lowest BCUT2D eigenvalue weighted by atomic mass is 9.94. The Balaban J connectivity index is 1.03. The van der Waals surface area contributed by atoms with Crippen molar-refractivity contribution in [2.75, 3.05) is 64.0 Å². The van der Waals surface area contributed by atoms with E-state index in [0.717, 1.165) is 22.1 Å². The minimum Gasteiger partial charge on any atom is -0.493 e. The number of aliphatic hydroxyl groups excluding tert-OH is 3. The van der Waals surface area contributed by atoms with E-state index in [4.69, 9.17) is 39.3 Å². The zero-order valence-corrected chi connectivity index (χ0v) is 48.3. The molecule has 1 saturated heterocycles. The molecular formula is C62H70N7O18+. The SMILES string of the molecule is COc1cc2c(cc1OC)C[N+](CCc1ccc(NC(=O)c3cc(OC)c(OC)cc3NC(=O)c3cnc4ccccc4c3)cc1)(Cc1ccc(O[C@@H]3O[C@H](C(=O)O)[C@@H](O)[C@H](O)[C@H]3O)c(NC(=O)CCCC(=O)[C@H](CN)NC(=O)CCC(=O)O)c1)CC2. The van der Waals surface area contributed by atoms with Gasteiger partial charge in [0.15, 0.2) is 34.9 Å². The number of nitrogens with one attached hydrogen (secondary N) is 4. The zero-order chi connectivity index (χ0) is 62.5. The normalized spacial score (nSPS) is 19.1. The average molecular weight is 1200 g/mol. The number of carboxylic acids is 2. The van der Waals surface area contributed by atoms with E-state index in [1.54, 1.807) is 44.6 Å². The quantitative estimate of drug-likeness (QED) is 0.0321. The number of para-hydroxylation sites is 1. The summed E-state index contributed by atoms with van der Waals surface area (Å²) >= 11 is 0. The fraction of sp³-hybridized carbons (Fsp3) is 0.355. The molecule has 0 spiro atoms. The molecule has 5 aromatic carbocycles. The number of pyridine rings is 1. The third-order valence-electron chi connectivity index (χ3n) is 15.3. The van der Waals surface area contributed by atoms with Gasteiger partial charge in [0.2, 0.25) is 18.1 Å². The largest absolute Gasteiger partial charge is 0.493 e. The van der Waals surface area contributed by atoms with Crippen molar-refractivity contribution >= 4 is 69.3 Å². The van der Waals surface area contributed by atoms with Gasteiger partial charge in [-0.1, -0.05) is 30.3 Å². The van der Waals surface area contributed by atoms with E-state index in [1.807, 2.05) is 48.5 Å². The van der Waals surface area contributed by atoms with Gasteiger partial charge in [0.1, 0.15) is 37.2 Å². The van der Waals surface area contributed by atoms with Crippen LogP contribution in [-0.2, 0) is 54.6 Å². The van der Waals surface area contributed by atoms with Gasteiger partial charge in [-0.25, -0.2) is 4.79 Å². The number of quaternary nitrogens is 1. The van der Waals surface area contributed by atoms with Crippen molar-refractivity contribution in [1.82, 2.24) is 10.3 Å². The monoisotopic (exact) mass is 1200 g/mol. The number of carboxylic acid groups (broad SMARTS) is 2. The Hall–Kier alpha value is -9.24. The van der Waals surface area contributed by atoms with Crippen LogP contribution in [0.3, 0.4) is 0 Å². The molecule has 11 N–H and O–H groups in total. The Morgan fingerprint density at radius 3 is 2.05 bits per heavy atom. The van der Waals surface area contributed by atoms with Gasteiger partial charge in [0.05, 0.1) is 82.0 Å². The van der Waals surface area contributed by atoms with Crippen molar-refractivity contribution in [2.24, 2.45) is 5.73 Å². The molecule has 0 aliphatic carbocycles. The van der Waals surface area contributed by atoms with Crippen LogP contribution in [0.4, 0.5) is 17.1 Å². The Kier molecular flexibility index (Phi) is 21.1. The lowest BCUT2D eigenvalue weighted by molar-refractivity contribution is -0.955. The number of aliphatic carboxylic acids is 2. The van der Waals surface area contributed by atoms with E-state index in [-0.39, 0.29) is 72.0 Å². The second-order valence-corrected chi connectivity index (χ2v) is 21.2. The summed E-state index contributed by atoms with van der Waals surface area (Å²) in [5, 5.41) is 62.4. The Labute approximate surface area is 499 Å². The van der Waals surface area contributed by atoms with Crippen LogP contribution < -0.4 is 50.7 Å². The number of methoxy groups -OCH3 is 4. The van der Waals surface area contributed by atoms with E-state index in [9.17, 15) is 54.0 Å². The van der Waals surface area contributed by atoms with Crippen LogP contribution in [0, 0.1) is 0 Å². The number of hydrogen-bond acceptors (Lipinski definition) is 18. The van der Waals surface area contributed by atoms with Crippen molar-refractivity contribution in [1.29, 1.82) is 0 Å². The van der Waals surface area contributed by atoms with Crippen LogP contribution in [0.15, 0.2) is 103 Å². The van der Waals surface area contributed by atoms with Gasteiger partial charge in [0, 0.05) is 73.1 Å². The molecule has 2 aliphatic rings. The van der Waals surface area contributed by atoms with Crippen molar-refractivity contribution in [2.45, 2.75) is 94.8 Å². The summed E-state index contributed by atoms with van der Waals surface area (Å²) in [6, 6.07) is 27.1. The number of anilines is 3. The highest BCUT2D eigenvalue weighted by atomic mass is 16.7. The molecule has 4 amide bonds. The van der Waals surface area contributed by atoms with Crippen LogP contribution in [-0.4, -0.2) is 161 Å². The Bertz CT molecular complexity index is 3530. The van der Waals surface area contributed by atoms with Gasteiger partial charge >= 0.3 is 11.9 Å². The molecule has 0 saturated carbocycles. The van der Waals surface area contributed by atoms with E-state index in [2.05, 4.69) is 26.3 Å². The third kappa shape index (κ3) is 15.8. The maximum absolute atomic E-state index is 14.1. The highest BCUT2D eigenvalue weighted by Crippen LogP contribution is 2.39. The summed E-state index contributed by atoms with van der Waals surface area (Å²) in [5.74, 6) is -4.04. The first-order chi connectivity index (χ1) is 41.7.